The van der Waals surface area contributed by atoms with Crippen molar-refractivity contribution in [2.45, 2.75) is 19.1 Å². The van der Waals surface area contributed by atoms with E-state index in [9.17, 15) is 18.0 Å². The van der Waals surface area contributed by atoms with Gasteiger partial charge >= 0.3 is 6.18 Å². The predicted octanol–water partition coefficient (Wildman–Crippen LogP) is 6.17. The van der Waals surface area contributed by atoms with Crippen molar-refractivity contribution in [2.75, 3.05) is 16.8 Å². The van der Waals surface area contributed by atoms with Crippen LogP contribution in [0.4, 0.5) is 24.5 Å². The van der Waals surface area contributed by atoms with Crippen LogP contribution in [0.15, 0.2) is 66.7 Å². The monoisotopic (exact) mass is 430 g/mol. The van der Waals surface area contributed by atoms with Crippen molar-refractivity contribution in [3.8, 4) is 0 Å². The van der Waals surface area contributed by atoms with Gasteiger partial charge in [0.2, 0.25) is 0 Å². The lowest BCUT2D eigenvalue weighted by Gasteiger charge is -2.19. The molecule has 0 atom stereocenters. The van der Waals surface area contributed by atoms with E-state index in [0.29, 0.717) is 5.56 Å². The highest BCUT2D eigenvalue weighted by Crippen LogP contribution is 2.34. The van der Waals surface area contributed by atoms with Gasteiger partial charge in [0.05, 0.1) is 16.3 Å². The second kappa shape index (κ2) is 8.03. The minimum absolute atomic E-state index is 0.0423. The van der Waals surface area contributed by atoms with Gasteiger partial charge in [-0.05, 0) is 53.9 Å². The highest BCUT2D eigenvalue weighted by atomic mass is 35.5. The number of nitrogens with zero attached hydrogens (tertiary/aromatic N) is 1. The first-order valence-electron chi connectivity index (χ1n) is 9.41. The molecule has 0 aliphatic carbocycles. The van der Waals surface area contributed by atoms with Crippen molar-refractivity contribution in [1.82, 2.24) is 0 Å². The van der Waals surface area contributed by atoms with Gasteiger partial charge in [-0.15, -0.1) is 0 Å². The summed E-state index contributed by atoms with van der Waals surface area (Å²) in [6.07, 6.45) is -3.51. The zero-order valence-corrected chi connectivity index (χ0v) is 16.6. The molecule has 3 nitrogen and oxygen atoms in total. The minimum atomic E-state index is -4.51. The number of halogens is 4. The van der Waals surface area contributed by atoms with E-state index in [0.717, 1.165) is 43.3 Å². The SMILES string of the molecule is O=C(Nc1cc(C(F)(F)F)ccc1Cl)c1ccc(CN2CCc3ccccc32)cc1. The molecule has 7 heteroatoms. The molecule has 0 unspecified atom stereocenters. The van der Waals surface area contributed by atoms with Crippen LogP contribution in [-0.4, -0.2) is 12.5 Å². The van der Waals surface area contributed by atoms with Gasteiger partial charge in [-0.1, -0.05) is 41.9 Å². The van der Waals surface area contributed by atoms with Crippen LogP contribution >= 0.6 is 11.6 Å². The normalized spacial score (nSPS) is 13.3. The van der Waals surface area contributed by atoms with E-state index in [1.54, 1.807) is 12.1 Å². The molecule has 3 aromatic rings. The Hall–Kier alpha value is -2.99. The Morgan fingerprint density at radius 1 is 1.03 bits per heavy atom. The lowest BCUT2D eigenvalue weighted by atomic mass is 10.1. The summed E-state index contributed by atoms with van der Waals surface area (Å²) in [6, 6.07) is 18.1. The van der Waals surface area contributed by atoms with Gasteiger partial charge in [0.1, 0.15) is 0 Å². The second-order valence-corrected chi connectivity index (χ2v) is 7.55. The fraction of sp³-hybridized carbons (Fsp3) is 0.174. The molecule has 0 radical (unpaired) electrons. The standard InChI is InChI=1S/C23H18ClF3N2O/c24-19-10-9-18(23(25,26)27)13-20(19)28-22(30)17-7-5-15(6-8-17)14-29-12-11-16-3-1-2-4-21(16)29/h1-10,13H,11-12,14H2,(H,28,30). The number of fused-ring (bicyclic) bond motifs is 1. The van der Waals surface area contributed by atoms with Crippen LogP contribution in [0, 0.1) is 0 Å². The van der Waals surface area contributed by atoms with Crippen LogP contribution < -0.4 is 10.2 Å². The molecule has 0 spiro atoms. The van der Waals surface area contributed by atoms with Gasteiger partial charge in [0.25, 0.3) is 5.91 Å². The summed E-state index contributed by atoms with van der Waals surface area (Å²) in [5.41, 5.74) is 2.98. The van der Waals surface area contributed by atoms with Gasteiger partial charge in [0, 0.05) is 24.3 Å². The van der Waals surface area contributed by atoms with Gasteiger partial charge in [-0.2, -0.15) is 13.2 Å². The Labute approximate surface area is 177 Å². The molecule has 1 aliphatic rings. The molecule has 4 rings (SSSR count). The fourth-order valence-electron chi connectivity index (χ4n) is 3.54. The number of carbonyl (C=O) groups excluding carboxylic acids is 1. The number of anilines is 2. The summed E-state index contributed by atoms with van der Waals surface area (Å²) in [5, 5.41) is 2.51. The number of carbonyl (C=O) groups is 1. The van der Waals surface area contributed by atoms with E-state index in [4.69, 9.17) is 11.6 Å². The highest BCUT2D eigenvalue weighted by molar-refractivity contribution is 6.34. The number of rotatable bonds is 4. The minimum Gasteiger partial charge on any atom is -0.367 e. The molecule has 0 bridgehead atoms. The number of hydrogen-bond donors (Lipinski definition) is 1. The quantitative estimate of drug-likeness (QED) is 0.536. The van der Waals surface area contributed by atoms with Crippen LogP contribution in [0.3, 0.4) is 0 Å². The van der Waals surface area contributed by atoms with Crippen molar-refractivity contribution >= 4 is 28.9 Å². The highest BCUT2D eigenvalue weighted by Gasteiger charge is 2.31. The van der Waals surface area contributed by atoms with Crippen LogP contribution in [0.5, 0.6) is 0 Å². The Morgan fingerprint density at radius 3 is 2.50 bits per heavy atom. The summed E-state index contributed by atoms with van der Waals surface area (Å²) in [7, 11) is 0. The zero-order chi connectivity index (χ0) is 21.3. The van der Waals surface area contributed by atoms with E-state index >= 15 is 0 Å². The van der Waals surface area contributed by atoms with Crippen molar-refractivity contribution in [3.05, 3.63) is 94.0 Å². The molecule has 1 aliphatic heterocycles. The maximum Gasteiger partial charge on any atom is 0.416 e. The van der Waals surface area contributed by atoms with Crippen LogP contribution in [0.2, 0.25) is 5.02 Å². The van der Waals surface area contributed by atoms with Crippen molar-refractivity contribution in [3.63, 3.8) is 0 Å². The van der Waals surface area contributed by atoms with Crippen LogP contribution in [-0.2, 0) is 19.1 Å². The third-order valence-corrected chi connectivity index (χ3v) is 5.44. The second-order valence-electron chi connectivity index (χ2n) is 7.14. The zero-order valence-electron chi connectivity index (χ0n) is 15.8. The van der Waals surface area contributed by atoms with Gasteiger partial charge < -0.3 is 10.2 Å². The molecule has 0 aromatic heterocycles. The van der Waals surface area contributed by atoms with Crippen LogP contribution in [0.25, 0.3) is 0 Å². The lowest BCUT2D eigenvalue weighted by molar-refractivity contribution is -0.137. The summed E-state index contributed by atoms with van der Waals surface area (Å²) >= 11 is 5.95. The Balaban J connectivity index is 1.45. The average Bonchev–Trinajstić information content (AvgIpc) is 3.12. The Kier molecular flexibility index (Phi) is 5.43. The van der Waals surface area contributed by atoms with E-state index in [1.165, 1.54) is 11.3 Å². The van der Waals surface area contributed by atoms with Gasteiger partial charge in [-0.3, -0.25) is 4.79 Å². The maximum absolute atomic E-state index is 12.9. The molecular weight excluding hydrogens is 413 g/mol. The van der Waals surface area contributed by atoms with E-state index in [-0.39, 0.29) is 10.7 Å². The smallest absolute Gasteiger partial charge is 0.367 e. The first-order valence-corrected chi connectivity index (χ1v) is 9.79. The molecule has 1 amide bonds. The number of para-hydroxylation sites is 1. The fourth-order valence-corrected chi connectivity index (χ4v) is 3.71. The van der Waals surface area contributed by atoms with Gasteiger partial charge in [0.15, 0.2) is 0 Å². The summed E-state index contributed by atoms with van der Waals surface area (Å²) in [5.74, 6) is -0.519. The number of alkyl halides is 3. The van der Waals surface area contributed by atoms with Gasteiger partial charge in [-0.25, -0.2) is 0 Å². The third kappa shape index (κ3) is 4.28. The van der Waals surface area contributed by atoms with Crippen molar-refractivity contribution in [1.29, 1.82) is 0 Å². The molecule has 1 N–H and O–H groups in total. The van der Waals surface area contributed by atoms with Crippen molar-refractivity contribution in [2.24, 2.45) is 0 Å². The lowest BCUT2D eigenvalue weighted by Crippen LogP contribution is -2.19. The van der Waals surface area contributed by atoms with E-state index in [2.05, 4.69) is 22.3 Å². The van der Waals surface area contributed by atoms with E-state index < -0.39 is 17.6 Å². The average molecular weight is 431 g/mol. The largest absolute Gasteiger partial charge is 0.416 e. The molecule has 154 valence electrons. The summed E-state index contributed by atoms with van der Waals surface area (Å²) in [4.78, 5) is 14.8. The molecule has 0 fully saturated rings. The van der Waals surface area contributed by atoms with Crippen molar-refractivity contribution < 1.29 is 18.0 Å². The van der Waals surface area contributed by atoms with Crippen LogP contribution in [0.1, 0.15) is 27.0 Å². The Morgan fingerprint density at radius 2 is 1.77 bits per heavy atom. The maximum atomic E-state index is 12.9. The number of benzene rings is 3. The summed E-state index contributed by atoms with van der Waals surface area (Å²) < 4.78 is 38.7. The topological polar surface area (TPSA) is 32.3 Å². The summed E-state index contributed by atoms with van der Waals surface area (Å²) in [6.45, 7) is 1.66. The number of hydrogen-bond acceptors (Lipinski definition) is 2. The molecule has 0 saturated heterocycles. The molecule has 30 heavy (non-hydrogen) atoms. The molecule has 1 heterocycles. The number of amides is 1. The molecule has 0 saturated carbocycles. The number of nitrogens with one attached hydrogen (secondary N) is 1. The first-order chi connectivity index (χ1) is 14.3. The van der Waals surface area contributed by atoms with E-state index in [1.807, 2.05) is 24.3 Å². The Bertz CT molecular complexity index is 1080. The predicted molar refractivity (Wildman–Crippen MR) is 112 cm³/mol. The first kappa shape index (κ1) is 20.3. The molecular formula is C23H18ClF3N2O. The third-order valence-electron chi connectivity index (χ3n) is 5.11. The molecule has 3 aromatic carbocycles.